The number of carbonyl (C=O) groups excluding carboxylic acids is 4. The maximum Gasteiger partial charge on any atom is 0.408 e. The van der Waals surface area contributed by atoms with Gasteiger partial charge >= 0.3 is 12.1 Å². The van der Waals surface area contributed by atoms with Crippen molar-refractivity contribution >= 4 is 34.8 Å². The lowest BCUT2D eigenvalue weighted by Gasteiger charge is -2.24. The van der Waals surface area contributed by atoms with Crippen LogP contribution in [0, 0.1) is 0 Å². The molecule has 1 aromatic heterocycles. The summed E-state index contributed by atoms with van der Waals surface area (Å²) in [5.41, 5.74) is 6.92. The Balaban J connectivity index is 1.80. The first-order valence-electron chi connectivity index (χ1n) is 11.9. The van der Waals surface area contributed by atoms with Gasteiger partial charge in [-0.2, -0.15) is 0 Å². The summed E-state index contributed by atoms with van der Waals surface area (Å²) in [4.78, 5) is 53.3. The fourth-order valence-electron chi connectivity index (χ4n) is 3.68. The number of para-hydroxylation sites is 1. The number of hydrogen-bond acceptors (Lipinski definition) is 6. The van der Waals surface area contributed by atoms with Gasteiger partial charge in [-0.15, -0.1) is 0 Å². The number of nitrogens with one attached hydrogen (secondary N) is 3. The molecule has 2 unspecified atom stereocenters. The van der Waals surface area contributed by atoms with Crippen molar-refractivity contribution in [3.8, 4) is 0 Å². The summed E-state index contributed by atoms with van der Waals surface area (Å²) in [5, 5.41) is 5.87. The van der Waals surface area contributed by atoms with E-state index in [-0.39, 0.29) is 13.0 Å². The fraction of sp³-hybridized carbons (Fsp3) is 0.333. The fourth-order valence-corrected chi connectivity index (χ4v) is 3.68. The second-order valence-corrected chi connectivity index (χ2v) is 9.59. The van der Waals surface area contributed by atoms with Crippen LogP contribution < -0.4 is 16.4 Å². The largest absolute Gasteiger partial charge is 0.459 e. The molecule has 0 aliphatic rings. The van der Waals surface area contributed by atoms with Crippen molar-refractivity contribution in [1.82, 2.24) is 15.6 Å². The van der Waals surface area contributed by atoms with E-state index in [2.05, 4.69) is 15.6 Å². The number of carbonyl (C=O) groups is 4. The molecule has 0 spiro atoms. The average Bonchev–Trinajstić information content (AvgIpc) is 3.23. The zero-order chi connectivity index (χ0) is 27.0. The van der Waals surface area contributed by atoms with Crippen molar-refractivity contribution in [2.75, 3.05) is 0 Å². The van der Waals surface area contributed by atoms with E-state index >= 15 is 0 Å². The number of benzene rings is 2. The molecule has 10 nitrogen and oxygen atoms in total. The molecule has 0 aliphatic carbocycles. The molecule has 0 bridgehead atoms. The lowest BCUT2D eigenvalue weighted by Crippen LogP contribution is -2.54. The van der Waals surface area contributed by atoms with Gasteiger partial charge in [-0.25, -0.2) is 9.59 Å². The van der Waals surface area contributed by atoms with Crippen molar-refractivity contribution in [3.05, 3.63) is 71.9 Å². The number of ether oxygens (including phenoxy) is 2. The number of H-pyrrole nitrogens is 1. The second kappa shape index (κ2) is 12.1. The Kier molecular flexibility index (Phi) is 8.89. The normalized spacial score (nSPS) is 12.8. The first-order valence-corrected chi connectivity index (χ1v) is 11.9. The molecule has 3 aromatic rings. The second-order valence-electron chi connectivity index (χ2n) is 9.59. The number of esters is 1. The molecule has 2 atom stereocenters. The molecule has 0 radical (unpaired) electrons. The Morgan fingerprint density at radius 2 is 1.62 bits per heavy atom. The summed E-state index contributed by atoms with van der Waals surface area (Å²) >= 11 is 0. The number of rotatable bonds is 10. The van der Waals surface area contributed by atoms with Gasteiger partial charge in [-0.1, -0.05) is 48.5 Å². The maximum absolute atomic E-state index is 13.2. The lowest BCUT2D eigenvalue weighted by molar-refractivity contribution is -0.149. The van der Waals surface area contributed by atoms with E-state index in [1.165, 1.54) is 0 Å². The minimum Gasteiger partial charge on any atom is -0.459 e. The van der Waals surface area contributed by atoms with E-state index in [9.17, 15) is 19.2 Å². The summed E-state index contributed by atoms with van der Waals surface area (Å²) in [6.45, 7) is 5.00. The number of alkyl carbamates (subject to hydrolysis) is 1. The number of hydrogen-bond donors (Lipinski definition) is 4. The van der Waals surface area contributed by atoms with Gasteiger partial charge in [0.25, 0.3) is 0 Å². The van der Waals surface area contributed by atoms with Crippen molar-refractivity contribution in [1.29, 1.82) is 0 Å². The average molecular weight is 509 g/mol. The van der Waals surface area contributed by atoms with Crippen LogP contribution in [0.15, 0.2) is 60.8 Å². The summed E-state index contributed by atoms with van der Waals surface area (Å²) in [5.74, 6) is -2.25. The Hall–Kier alpha value is -4.34. The third-order valence-electron chi connectivity index (χ3n) is 5.34. The van der Waals surface area contributed by atoms with Gasteiger partial charge in [0.05, 0.1) is 6.42 Å². The summed E-state index contributed by atoms with van der Waals surface area (Å²) in [6, 6.07) is 14.2. The van der Waals surface area contributed by atoms with E-state index in [0.29, 0.717) is 0 Å². The van der Waals surface area contributed by atoms with Crippen LogP contribution in [0.1, 0.15) is 38.3 Å². The quantitative estimate of drug-likeness (QED) is 0.309. The maximum atomic E-state index is 13.2. The van der Waals surface area contributed by atoms with Crippen molar-refractivity contribution in [2.45, 2.75) is 57.9 Å². The third-order valence-corrected chi connectivity index (χ3v) is 5.34. The zero-order valence-corrected chi connectivity index (χ0v) is 21.1. The molecule has 3 amide bonds. The van der Waals surface area contributed by atoms with Gasteiger partial charge in [0.2, 0.25) is 11.8 Å². The number of nitrogens with two attached hydrogens (primary N) is 1. The van der Waals surface area contributed by atoms with Crippen molar-refractivity contribution in [2.24, 2.45) is 5.73 Å². The molecule has 0 aliphatic heterocycles. The topological polar surface area (TPSA) is 153 Å². The third kappa shape index (κ3) is 8.38. The molecule has 10 heteroatoms. The van der Waals surface area contributed by atoms with Gasteiger partial charge in [0.15, 0.2) is 0 Å². The van der Waals surface area contributed by atoms with Crippen LogP contribution in [0.2, 0.25) is 0 Å². The van der Waals surface area contributed by atoms with Gasteiger partial charge in [-0.3, -0.25) is 9.59 Å². The van der Waals surface area contributed by atoms with Gasteiger partial charge < -0.3 is 30.8 Å². The standard InChI is InChI=1S/C27H32N4O6/c1-27(2,3)37-26(35)31-21(14-23(28)32)24(33)30-22(25(34)36-16-17-9-5-4-6-10-17)13-18-15-29-20-12-8-7-11-19(18)20/h4-12,15,21-22,29H,13-14,16H2,1-3H3,(H2,28,32)(H,30,33)(H,31,35). The molecule has 0 fully saturated rings. The minimum atomic E-state index is -1.35. The smallest absolute Gasteiger partial charge is 0.408 e. The van der Waals surface area contributed by atoms with E-state index in [1.807, 2.05) is 54.6 Å². The molecule has 0 saturated carbocycles. The number of fused-ring (bicyclic) bond motifs is 1. The molecule has 0 saturated heterocycles. The molecular weight excluding hydrogens is 476 g/mol. The summed E-state index contributed by atoms with van der Waals surface area (Å²) in [6.07, 6.45) is 0.491. The highest BCUT2D eigenvalue weighted by atomic mass is 16.6. The Morgan fingerprint density at radius 1 is 0.946 bits per heavy atom. The summed E-state index contributed by atoms with van der Waals surface area (Å²) < 4.78 is 10.7. The Labute approximate surface area is 214 Å². The van der Waals surface area contributed by atoms with Gasteiger partial charge in [0, 0.05) is 23.5 Å². The number of amides is 3. The summed E-state index contributed by atoms with van der Waals surface area (Å²) in [7, 11) is 0. The predicted molar refractivity (Wildman–Crippen MR) is 137 cm³/mol. The van der Waals surface area contributed by atoms with Crippen LogP contribution in [0.5, 0.6) is 0 Å². The van der Waals surface area contributed by atoms with Crippen LogP contribution in [-0.2, 0) is 36.9 Å². The minimum absolute atomic E-state index is 0.0147. The highest BCUT2D eigenvalue weighted by molar-refractivity contribution is 5.93. The highest BCUT2D eigenvalue weighted by Crippen LogP contribution is 2.20. The first kappa shape index (κ1) is 27.3. The van der Waals surface area contributed by atoms with Gasteiger partial charge in [-0.05, 0) is 38.0 Å². The monoisotopic (exact) mass is 508 g/mol. The number of primary amides is 1. The van der Waals surface area contributed by atoms with E-state index in [0.717, 1.165) is 22.0 Å². The van der Waals surface area contributed by atoms with Crippen LogP contribution in [0.25, 0.3) is 10.9 Å². The SMILES string of the molecule is CC(C)(C)OC(=O)NC(CC(N)=O)C(=O)NC(Cc1c[nH]c2ccccc12)C(=O)OCc1ccccc1. The molecular formula is C27H32N4O6. The molecule has 37 heavy (non-hydrogen) atoms. The predicted octanol–water partition coefficient (Wildman–Crippen LogP) is 2.71. The van der Waals surface area contributed by atoms with Gasteiger partial charge in [0.1, 0.15) is 24.3 Å². The molecule has 5 N–H and O–H groups in total. The molecule has 2 aromatic carbocycles. The van der Waals surface area contributed by atoms with E-state index in [1.54, 1.807) is 27.0 Å². The van der Waals surface area contributed by atoms with E-state index < -0.39 is 48.0 Å². The Bertz CT molecular complexity index is 1250. The van der Waals surface area contributed by atoms with E-state index in [4.69, 9.17) is 15.2 Å². The molecule has 196 valence electrons. The van der Waals surface area contributed by atoms with Crippen molar-refractivity contribution in [3.63, 3.8) is 0 Å². The van der Waals surface area contributed by atoms with Crippen molar-refractivity contribution < 1.29 is 28.7 Å². The molecule has 1 heterocycles. The lowest BCUT2D eigenvalue weighted by atomic mass is 10.0. The number of aromatic nitrogens is 1. The van der Waals surface area contributed by atoms with Crippen LogP contribution in [0.3, 0.4) is 0 Å². The Morgan fingerprint density at radius 3 is 2.30 bits per heavy atom. The zero-order valence-electron chi connectivity index (χ0n) is 21.1. The highest BCUT2D eigenvalue weighted by Gasteiger charge is 2.31. The van der Waals surface area contributed by atoms with Crippen LogP contribution >= 0.6 is 0 Å². The van der Waals surface area contributed by atoms with Crippen LogP contribution in [-0.4, -0.2) is 46.5 Å². The van der Waals surface area contributed by atoms with Crippen LogP contribution in [0.4, 0.5) is 4.79 Å². The first-order chi connectivity index (χ1) is 17.5. The molecule has 3 rings (SSSR count). The number of aromatic amines is 1.